The molecule has 3 N–H and O–H groups in total. The lowest BCUT2D eigenvalue weighted by atomic mass is 9.99. The van der Waals surface area contributed by atoms with Gasteiger partial charge in [0, 0.05) is 24.6 Å². The predicted octanol–water partition coefficient (Wildman–Crippen LogP) is 5.46. The number of nitrogens with zero attached hydrogens (tertiary/aromatic N) is 1. The third kappa shape index (κ3) is 11.0. The van der Waals surface area contributed by atoms with Crippen LogP contribution < -0.4 is 21.6 Å². The first-order valence-corrected chi connectivity index (χ1v) is 16.5. The largest absolute Gasteiger partial charge is 0.460 e. The Morgan fingerprint density at radius 3 is 2.16 bits per heavy atom. The number of carbonyl (C=O) groups is 4. The number of benzene rings is 3. The van der Waals surface area contributed by atoms with E-state index in [2.05, 4.69) is 20.9 Å². The average molecular weight is 685 g/mol. The van der Waals surface area contributed by atoms with Crippen LogP contribution in [-0.2, 0) is 41.7 Å². The lowest BCUT2D eigenvalue weighted by Gasteiger charge is -2.23. The van der Waals surface area contributed by atoms with Crippen LogP contribution in [0.25, 0.3) is 10.9 Å². The molecule has 0 spiro atoms. The fourth-order valence-electron chi connectivity index (χ4n) is 5.17. The summed E-state index contributed by atoms with van der Waals surface area (Å²) in [4.78, 5) is 70.8. The zero-order valence-electron chi connectivity index (χ0n) is 29.2. The molecule has 2 atom stereocenters. The molecule has 2 amide bonds. The van der Waals surface area contributed by atoms with E-state index >= 15 is 0 Å². The molecule has 0 aliphatic rings. The fourth-order valence-corrected chi connectivity index (χ4v) is 5.17. The molecular formula is C38H44N4O8. The molecule has 0 unspecified atom stereocenters. The van der Waals surface area contributed by atoms with Crippen LogP contribution in [0.1, 0.15) is 64.2 Å². The van der Waals surface area contributed by atoms with E-state index in [9.17, 15) is 24.0 Å². The molecule has 264 valence electrons. The van der Waals surface area contributed by atoms with E-state index in [4.69, 9.17) is 13.9 Å². The molecule has 0 fully saturated rings. The van der Waals surface area contributed by atoms with Crippen molar-refractivity contribution >= 4 is 46.4 Å². The van der Waals surface area contributed by atoms with Gasteiger partial charge in [0.1, 0.15) is 24.2 Å². The Hall–Kier alpha value is -5.52. The molecule has 3 aromatic carbocycles. The summed E-state index contributed by atoms with van der Waals surface area (Å²) in [6, 6.07) is 20.1. The predicted molar refractivity (Wildman–Crippen MR) is 189 cm³/mol. The molecule has 0 radical (unpaired) electrons. The number of rotatable bonds is 14. The van der Waals surface area contributed by atoms with Crippen molar-refractivity contribution in [2.24, 2.45) is 5.92 Å². The van der Waals surface area contributed by atoms with Gasteiger partial charge < -0.3 is 29.8 Å². The molecule has 1 aromatic heterocycles. The highest BCUT2D eigenvalue weighted by molar-refractivity contribution is 6.03. The minimum Gasteiger partial charge on any atom is -0.460 e. The van der Waals surface area contributed by atoms with Crippen molar-refractivity contribution in [2.75, 3.05) is 10.6 Å². The SMILES string of the molecule is Cc1cc(NC(=O)[C@H](Cc2ccccc2)NC(=O)[C@H](CCC(=O)OC(C)(C)C)C(=O)OCc2ccccc2)cc2nc(NC(C)C)oc(=O)c12. The second-order valence-electron chi connectivity index (χ2n) is 13.3. The molecule has 12 nitrogen and oxygen atoms in total. The zero-order valence-corrected chi connectivity index (χ0v) is 29.2. The number of aromatic nitrogens is 1. The summed E-state index contributed by atoms with van der Waals surface area (Å²) in [5, 5.41) is 8.81. The third-order valence-electron chi connectivity index (χ3n) is 7.41. The Labute approximate surface area is 291 Å². The molecule has 0 saturated carbocycles. The summed E-state index contributed by atoms with van der Waals surface area (Å²) in [7, 11) is 0. The van der Waals surface area contributed by atoms with Gasteiger partial charge in [0.25, 0.3) is 6.01 Å². The average Bonchev–Trinajstić information content (AvgIpc) is 3.03. The van der Waals surface area contributed by atoms with E-state index in [-0.39, 0.29) is 43.3 Å². The topological polar surface area (TPSA) is 166 Å². The van der Waals surface area contributed by atoms with Crippen molar-refractivity contribution in [3.05, 3.63) is 99.9 Å². The molecule has 4 aromatic rings. The van der Waals surface area contributed by atoms with Gasteiger partial charge in [-0.15, -0.1) is 0 Å². The van der Waals surface area contributed by atoms with Gasteiger partial charge in [0.2, 0.25) is 11.8 Å². The minimum atomic E-state index is -1.41. The van der Waals surface area contributed by atoms with Gasteiger partial charge in [-0.2, -0.15) is 4.98 Å². The molecule has 0 aliphatic heterocycles. The van der Waals surface area contributed by atoms with Crippen LogP contribution in [0.4, 0.5) is 11.7 Å². The van der Waals surface area contributed by atoms with E-state index in [1.165, 1.54) is 0 Å². The minimum absolute atomic E-state index is 0.0435. The normalized spacial score (nSPS) is 12.5. The first-order valence-electron chi connectivity index (χ1n) is 16.5. The monoisotopic (exact) mass is 684 g/mol. The summed E-state index contributed by atoms with van der Waals surface area (Å²) in [6.07, 6.45) is -0.331. The van der Waals surface area contributed by atoms with Crippen LogP contribution in [0.3, 0.4) is 0 Å². The van der Waals surface area contributed by atoms with Crippen molar-refractivity contribution in [3.63, 3.8) is 0 Å². The molecule has 0 aliphatic carbocycles. The number of fused-ring (bicyclic) bond motifs is 1. The van der Waals surface area contributed by atoms with Crippen LogP contribution >= 0.6 is 0 Å². The fraction of sp³-hybridized carbons (Fsp3) is 0.368. The maximum Gasteiger partial charge on any atom is 0.348 e. The number of carbonyl (C=O) groups excluding carboxylic acids is 4. The Bertz CT molecular complexity index is 1870. The van der Waals surface area contributed by atoms with Gasteiger partial charge in [0.05, 0.1) is 10.9 Å². The Morgan fingerprint density at radius 2 is 1.54 bits per heavy atom. The van der Waals surface area contributed by atoms with E-state index in [1.807, 2.05) is 50.2 Å². The van der Waals surface area contributed by atoms with Gasteiger partial charge >= 0.3 is 17.6 Å². The lowest BCUT2D eigenvalue weighted by Crippen LogP contribution is -2.49. The van der Waals surface area contributed by atoms with Crippen molar-refractivity contribution < 1.29 is 33.1 Å². The summed E-state index contributed by atoms with van der Waals surface area (Å²) >= 11 is 0. The Balaban J connectivity index is 1.59. The Kier molecular flexibility index (Phi) is 12.5. The summed E-state index contributed by atoms with van der Waals surface area (Å²) in [5.41, 5.74) is 1.33. The summed E-state index contributed by atoms with van der Waals surface area (Å²) in [5.74, 6) is -4.18. The number of ether oxygens (including phenoxy) is 2. The van der Waals surface area contributed by atoms with Crippen molar-refractivity contribution in [3.8, 4) is 0 Å². The van der Waals surface area contributed by atoms with Crippen molar-refractivity contribution in [1.29, 1.82) is 0 Å². The first kappa shape index (κ1) is 37.3. The highest BCUT2D eigenvalue weighted by Crippen LogP contribution is 2.22. The van der Waals surface area contributed by atoms with E-state index < -0.39 is 46.9 Å². The van der Waals surface area contributed by atoms with Crippen molar-refractivity contribution in [2.45, 2.75) is 85.1 Å². The summed E-state index contributed by atoms with van der Waals surface area (Å²) < 4.78 is 16.2. The number of anilines is 2. The molecule has 12 heteroatoms. The molecule has 4 rings (SSSR count). The highest BCUT2D eigenvalue weighted by Gasteiger charge is 2.33. The van der Waals surface area contributed by atoms with Gasteiger partial charge in [-0.25, -0.2) is 4.79 Å². The maximum atomic E-state index is 13.9. The van der Waals surface area contributed by atoms with Crippen LogP contribution in [0.15, 0.2) is 82.0 Å². The smallest absolute Gasteiger partial charge is 0.348 e. The number of amides is 2. The molecular weight excluding hydrogens is 640 g/mol. The second kappa shape index (κ2) is 16.7. The number of hydrogen-bond acceptors (Lipinski definition) is 10. The van der Waals surface area contributed by atoms with Gasteiger partial charge in [0.15, 0.2) is 0 Å². The van der Waals surface area contributed by atoms with E-state index in [0.717, 1.165) is 11.1 Å². The van der Waals surface area contributed by atoms with E-state index in [0.29, 0.717) is 16.8 Å². The number of hydrogen-bond donors (Lipinski definition) is 3. The second-order valence-corrected chi connectivity index (χ2v) is 13.3. The van der Waals surface area contributed by atoms with Crippen LogP contribution in [0.2, 0.25) is 0 Å². The molecule has 0 saturated heterocycles. The van der Waals surface area contributed by atoms with Crippen LogP contribution in [-0.4, -0.2) is 46.4 Å². The molecule has 50 heavy (non-hydrogen) atoms. The van der Waals surface area contributed by atoms with Gasteiger partial charge in [-0.1, -0.05) is 60.7 Å². The van der Waals surface area contributed by atoms with Gasteiger partial charge in [-0.3, -0.25) is 19.2 Å². The first-order chi connectivity index (χ1) is 23.7. The quantitative estimate of drug-likeness (QED) is 0.115. The maximum absolute atomic E-state index is 13.9. The standard InChI is InChI=1S/C38H44N4O8/c1-23(2)39-37-42-29-21-27(19-24(3)32(29)36(47)49-37)40-34(45)30(20-25-13-9-7-10-14-25)41-33(44)28(17-18-31(43)50-38(4,5)6)35(46)48-22-26-15-11-8-12-16-26/h7-16,19,21,23,28,30H,17-18,20,22H2,1-6H3,(H,39,42)(H,40,45)(H,41,44)/t28-,30-/m0/s1. The number of nitrogens with one attached hydrogen (secondary N) is 3. The summed E-state index contributed by atoms with van der Waals surface area (Å²) in [6.45, 7) is 10.5. The number of aryl methyl sites for hydroxylation is 1. The van der Waals surface area contributed by atoms with Crippen molar-refractivity contribution in [1.82, 2.24) is 10.3 Å². The number of esters is 2. The Morgan fingerprint density at radius 1 is 0.900 bits per heavy atom. The third-order valence-corrected chi connectivity index (χ3v) is 7.41. The van der Waals surface area contributed by atoms with Crippen LogP contribution in [0.5, 0.6) is 0 Å². The lowest BCUT2D eigenvalue weighted by molar-refractivity contribution is -0.157. The highest BCUT2D eigenvalue weighted by atomic mass is 16.6. The zero-order chi connectivity index (χ0) is 36.4. The van der Waals surface area contributed by atoms with E-state index in [1.54, 1.807) is 64.1 Å². The molecule has 1 heterocycles. The van der Waals surface area contributed by atoms with Crippen LogP contribution in [0, 0.1) is 12.8 Å². The van der Waals surface area contributed by atoms with Gasteiger partial charge in [-0.05, 0) is 76.8 Å². The molecule has 0 bridgehead atoms.